The summed E-state index contributed by atoms with van der Waals surface area (Å²) in [4.78, 5) is 26.3. The largest absolute Gasteiger partial charge is 0.481 e. The van der Waals surface area contributed by atoms with E-state index in [0.29, 0.717) is 31.0 Å². The maximum absolute atomic E-state index is 12.5. The van der Waals surface area contributed by atoms with Gasteiger partial charge in [-0.2, -0.15) is 0 Å². The highest BCUT2D eigenvalue weighted by atomic mass is 35.5. The molecule has 1 atom stereocenters. The predicted octanol–water partition coefficient (Wildman–Crippen LogP) is 3.38. The number of halogens is 1. The summed E-state index contributed by atoms with van der Waals surface area (Å²) in [5, 5.41) is 10.5. The number of amides is 1. The molecule has 1 amide bonds. The van der Waals surface area contributed by atoms with Crippen LogP contribution in [0.3, 0.4) is 0 Å². The molecule has 4 nitrogen and oxygen atoms in total. The molecule has 1 aliphatic heterocycles. The standard InChI is InChI=1S/C18H22ClNO3/c19-15-7-1-4-13(10-15)11-18(17(22)23)8-3-9-20(12-18)16(21)14-5-2-6-14/h1,4,7,10,14H,2-3,5-6,8-9,11-12H2,(H,22,23)/t18-/m1/s1. The topological polar surface area (TPSA) is 57.6 Å². The Labute approximate surface area is 141 Å². The number of aliphatic carboxylic acids is 1. The van der Waals surface area contributed by atoms with Crippen LogP contribution >= 0.6 is 11.6 Å². The van der Waals surface area contributed by atoms with E-state index in [-0.39, 0.29) is 11.8 Å². The number of piperidine rings is 1. The first-order chi connectivity index (χ1) is 11.0. The molecule has 1 N–H and O–H groups in total. The molecule has 1 saturated carbocycles. The number of likely N-dealkylation sites (tertiary alicyclic amines) is 1. The first kappa shape index (κ1) is 16.3. The summed E-state index contributed by atoms with van der Waals surface area (Å²) in [6.07, 6.45) is 4.76. The number of benzene rings is 1. The number of carbonyl (C=O) groups is 2. The van der Waals surface area contributed by atoms with Crippen molar-refractivity contribution < 1.29 is 14.7 Å². The van der Waals surface area contributed by atoms with E-state index in [1.165, 1.54) is 0 Å². The van der Waals surface area contributed by atoms with Crippen LogP contribution in [0.25, 0.3) is 0 Å². The van der Waals surface area contributed by atoms with Gasteiger partial charge in [0.05, 0.1) is 5.41 Å². The minimum Gasteiger partial charge on any atom is -0.481 e. The van der Waals surface area contributed by atoms with E-state index in [4.69, 9.17) is 11.6 Å². The zero-order chi connectivity index (χ0) is 16.4. The molecule has 5 heteroatoms. The first-order valence-corrected chi connectivity index (χ1v) is 8.65. The van der Waals surface area contributed by atoms with Gasteiger partial charge in [-0.3, -0.25) is 9.59 Å². The van der Waals surface area contributed by atoms with Gasteiger partial charge >= 0.3 is 5.97 Å². The molecule has 0 radical (unpaired) electrons. The summed E-state index contributed by atoms with van der Waals surface area (Å²) in [6, 6.07) is 7.35. The molecule has 0 spiro atoms. The summed E-state index contributed by atoms with van der Waals surface area (Å²) < 4.78 is 0. The Morgan fingerprint density at radius 3 is 2.70 bits per heavy atom. The van der Waals surface area contributed by atoms with E-state index in [2.05, 4.69) is 0 Å². The van der Waals surface area contributed by atoms with E-state index in [1.807, 2.05) is 18.2 Å². The number of carboxylic acids is 1. The number of nitrogens with zero attached hydrogens (tertiary/aromatic N) is 1. The summed E-state index contributed by atoms with van der Waals surface area (Å²) >= 11 is 6.02. The van der Waals surface area contributed by atoms with Gasteiger partial charge in [-0.25, -0.2) is 0 Å². The van der Waals surface area contributed by atoms with Crippen LogP contribution in [0.1, 0.15) is 37.7 Å². The summed E-state index contributed by atoms with van der Waals surface area (Å²) in [5.74, 6) is -0.554. The molecule has 2 fully saturated rings. The maximum atomic E-state index is 12.5. The van der Waals surface area contributed by atoms with Crippen LogP contribution in [0.15, 0.2) is 24.3 Å². The average molecular weight is 336 g/mol. The number of rotatable bonds is 4. The van der Waals surface area contributed by atoms with Crippen LogP contribution in [0.4, 0.5) is 0 Å². The van der Waals surface area contributed by atoms with Crippen molar-refractivity contribution in [2.75, 3.05) is 13.1 Å². The fourth-order valence-corrected chi connectivity index (χ4v) is 3.88. The molecule has 0 bridgehead atoms. The highest BCUT2D eigenvalue weighted by Crippen LogP contribution is 2.37. The molecular weight excluding hydrogens is 314 g/mol. The Hall–Kier alpha value is -1.55. The Morgan fingerprint density at radius 1 is 1.30 bits per heavy atom. The van der Waals surface area contributed by atoms with E-state index in [1.54, 1.807) is 11.0 Å². The van der Waals surface area contributed by atoms with Crippen molar-refractivity contribution in [2.45, 2.75) is 38.5 Å². The van der Waals surface area contributed by atoms with Crippen LogP contribution in [0, 0.1) is 11.3 Å². The number of carboxylic acid groups (broad SMARTS) is 1. The van der Waals surface area contributed by atoms with Gasteiger partial charge in [0.25, 0.3) is 0 Å². The molecule has 3 rings (SSSR count). The minimum atomic E-state index is -0.900. The molecule has 1 aliphatic carbocycles. The van der Waals surface area contributed by atoms with Crippen LogP contribution < -0.4 is 0 Å². The summed E-state index contributed by atoms with van der Waals surface area (Å²) in [6.45, 7) is 0.990. The van der Waals surface area contributed by atoms with Gasteiger partial charge in [-0.15, -0.1) is 0 Å². The predicted molar refractivity (Wildman–Crippen MR) is 88.4 cm³/mol. The zero-order valence-corrected chi connectivity index (χ0v) is 13.9. The van der Waals surface area contributed by atoms with Crippen molar-refractivity contribution in [2.24, 2.45) is 11.3 Å². The van der Waals surface area contributed by atoms with Gasteiger partial charge < -0.3 is 10.0 Å². The molecule has 0 unspecified atom stereocenters. The van der Waals surface area contributed by atoms with Crippen molar-refractivity contribution in [1.82, 2.24) is 4.90 Å². The molecule has 124 valence electrons. The highest BCUT2D eigenvalue weighted by molar-refractivity contribution is 6.30. The maximum Gasteiger partial charge on any atom is 0.311 e. The number of hydrogen-bond donors (Lipinski definition) is 1. The first-order valence-electron chi connectivity index (χ1n) is 8.27. The third-order valence-corrected chi connectivity index (χ3v) is 5.46. The Kier molecular flexibility index (Phi) is 4.62. The number of hydrogen-bond acceptors (Lipinski definition) is 2. The molecule has 23 heavy (non-hydrogen) atoms. The lowest BCUT2D eigenvalue weighted by atomic mass is 9.74. The molecule has 1 aromatic rings. The number of carbonyl (C=O) groups excluding carboxylic acids is 1. The molecular formula is C18H22ClNO3. The normalized spacial score (nSPS) is 25.0. The SMILES string of the molecule is O=C(C1CCC1)N1CCC[C@](Cc2cccc(Cl)c2)(C(=O)O)C1. The van der Waals surface area contributed by atoms with Crippen molar-refractivity contribution >= 4 is 23.5 Å². The van der Waals surface area contributed by atoms with E-state index < -0.39 is 11.4 Å². The molecule has 0 aromatic heterocycles. The summed E-state index contributed by atoms with van der Waals surface area (Å²) in [5.41, 5.74) is 0.0142. The minimum absolute atomic E-state index is 0.116. The second kappa shape index (κ2) is 6.52. The van der Waals surface area contributed by atoms with Gasteiger partial charge in [0, 0.05) is 24.0 Å². The third kappa shape index (κ3) is 3.37. The fraction of sp³-hybridized carbons (Fsp3) is 0.556. The lowest BCUT2D eigenvalue weighted by molar-refractivity contribution is -0.156. The van der Waals surface area contributed by atoms with Crippen molar-refractivity contribution in [3.05, 3.63) is 34.9 Å². The van der Waals surface area contributed by atoms with E-state index in [0.717, 1.165) is 31.2 Å². The van der Waals surface area contributed by atoms with Gasteiger partial charge in [-0.1, -0.05) is 30.2 Å². The van der Waals surface area contributed by atoms with Gasteiger partial charge in [0.2, 0.25) is 5.91 Å². The van der Waals surface area contributed by atoms with Crippen molar-refractivity contribution in [1.29, 1.82) is 0 Å². The van der Waals surface area contributed by atoms with Gasteiger partial charge in [0.1, 0.15) is 0 Å². The monoisotopic (exact) mass is 335 g/mol. The second-order valence-corrected chi connectivity index (χ2v) is 7.32. The zero-order valence-electron chi connectivity index (χ0n) is 13.1. The van der Waals surface area contributed by atoms with Crippen LogP contribution in [0.2, 0.25) is 5.02 Å². The molecule has 1 aromatic carbocycles. The van der Waals surface area contributed by atoms with Crippen LogP contribution in [-0.2, 0) is 16.0 Å². The molecule has 2 aliphatic rings. The lowest BCUT2D eigenvalue weighted by Gasteiger charge is -2.42. The van der Waals surface area contributed by atoms with Crippen LogP contribution in [0.5, 0.6) is 0 Å². The highest BCUT2D eigenvalue weighted by Gasteiger charge is 2.45. The second-order valence-electron chi connectivity index (χ2n) is 6.88. The average Bonchev–Trinajstić information content (AvgIpc) is 2.45. The van der Waals surface area contributed by atoms with Crippen LogP contribution in [-0.4, -0.2) is 35.0 Å². The lowest BCUT2D eigenvalue weighted by Crippen LogP contribution is -2.53. The van der Waals surface area contributed by atoms with E-state index >= 15 is 0 Å². The van der Waals surface area contributed by atoms with E-state index in [9.17, 15) is 14.7 Å². The Bertz CT molecular complexity index is 614. The van der Waals surface area contributed by atoms with Gasteiger partial charge in [0.15, 0.2) is 0 Å². The molecule has 1 saturated heterocycles. The quantitative estimate of drug-likeness (QED) is 0.917. The Balaban J connectivity index is 1.79. The fourth-order valence-electron chi connectivity index (χ4n) is 3.67. The molecule has 1 heterocycles. The third-order valence-electron chi connectivity index (χ3n) is 5.23. The van der Waals surface area contributed by atoms with Crippen molar-refractivity contribution in [3.8, 4) is 0 Å². The van der Waals surface area contributed by atoms with Crippen molar-refractivity contribution in [3.63, 3.8) is 0 Å². The smallest absolute Gasteiger partial charge is 0.311 e. The Morgan fingerprint density at radius 2 is 2.09 bits per heavy atom. The van der Waals surface area contributed by atoms with Gasteiger partial charge in [-0.05, 0) is 49.8 Å². The summed E-state index contributed by atoms with van der Waals surface area (Å²) in [7, 11) is 0.